The molecule has 1 rings (SSSR count). The number of carboxylic acids is 1. The number of nitrogens with one attached hydrogen (secondary N) is 1. The smallest absolute Gasteiger partial charge is 0.321 e. The van der Waals surface area contributed by atoms with Crippen LogP contribution in [0.5, 0.6) is 0 Å². The van der Waals surface area contributed by atoms with Crippen molar-refractivity contribution < 1.29 is 18.3 Å². The van der Waals surface area contributed by atoms with Gasteiger partial charge in [0.05, 0.1) is 4.90 Å². The van der Waals surface area contributed by atoms with Gasteiger partial charge >= 0.3 is 5.97 Å². The molecule has 0 fully saturated rings. The van der Waals surface area contributed by atoms with Gasteiger partial charge in [-0.2, -0.15) is 4.72 Å². The van der Waals surface area contributed by atoms with Crippen molar-refractivity contribution in [1.29, 1.82) is 0 Å². The molecule has 0 saturated carbocycles. The van der Waals surface area contributed by atoms with Crippen LogP contribution in [0.3, 0.4) is 0 Å². The van der Waals surface area contributed by atoms with E-state index >= 15 is 0 Å². The Bertz CT molecular complexity index is 598. The number of carboxylic acid groups (broad SMARTS) is 1. The lowest BCUT2D eigenvalue weighted by Crippen LogP contribution is -2.41. The van der Waals surface area contributed by atoms with Crippen LogP contribution in [0.15, 0.2) is 27.6 Å². The summed E-state index contributed by atoms with van der Waals surface area (Å²) in [5, 5.41) is 9.11. The molecule has 1 unspecified atom stereocenters. The lowest BCUT2D eigenvalue weighted by molar-refractivity contribution is -0.139. The molecule has 20 heavy (non-hydrogen) atoms. The average Bonchev–Trinajstić information content (AvgIpc) is 2.26. The quantitative estimate of drug-likeness (QED) is 0.813. The number of rotatable bonds is 6. The minimum atomic E-state index is -3.88. The van der Waals surface area contributed by atoms with Crippen LogP contribution in [0.25, 0.3) is 0 Å². The van der Waals surface area contributed by atoms with Gasteiger partial charge in [-0.1, -0.05) is 19.9 Å². The first-order chi connectivity index (χ1) is 9.13. The largest absolute Gasteiger partial charge is 0.480 e. The summed E-state index contributed by atoms with van der Waals surface area (Å²) < 4.78 is 27.2. The van der Waals surface area contributed by atoms with Crippen molar-refractivity contribution in [1.82, 2.24) is 4.72 Å². The average molecular weight is 364 g/mol. The van der Waals surface area contributed by atoms with Gasteiger partial charge < -0.3 is 5.11 Å². The van der Waals surface area contributed by atoms with Crippen LogP contribution < -0.4 is 4.72 Å². The fourth-order valence-electron chi connectivity index (χ4n) is 1.75. The molecule has 112 valence electrons. The highest BCUT2D eigenvalue weighted by Gasteiger charge is 2.27. The van der Waals surface area contributed by atoms with Crippen LogP contribution in [-0.4, -0.2) is 25.5 Å². The molecule has 0 heterocycles. The van der Waals surface area contributed by atoms with Gasteiger partial charge in [0.25, 0.3) is 0 Å². The number of sulfonamides is 1. The van der Waals surface area contributed by atoms with E-state index in [9.17, 15) is 13.2 Å². The van der Waals surface area contributed by atoms with Crippen LogP contribution in [-0.2, 0) is 14.8 Å². The maximum Gasteiger partial charge on any atom is 0.321 e. The van der Waals surface area contributed by atoms with Crippen molar-refractivity contribution in [2.45, 2.75) is 38.1 Å². The maximum atomic E-state index is 12.3. The third-order valence-corrected chi connectivity index (χ3v) is 5.13. The number of hydrogen-bond donors (Lipinski definition) is 2. The van der Waals surface area contributed by atoms with E-state index in [0.29, 0.717) is 4.47 Å². The molecule has 1 aromatic carbocycles. The number of halogens is 1. The van der Waals surface area contributed by atoms with Gasteiger partial charge in [-0.25, -0.2) is 8.42 Å². The van der Waals surface area contributed by atoms with Gasteiger partial charge in [-0.05, 0) is 52.9 Å². The molecule has 0 bridgehead atoms. The SMILES string of the molecule is Cc1ccc(S(=O)(=O)NC(CC(C)C)C(=O)O)c(Br)c1. The number of carbonyl (C=O) groups is 1. The van der Waals surface area contributed by atoms with E-state index in [2.05, 4.69) is 20.7 Å². The predicted molar refractivity (Wildman–Crippen MR) is 80.1 cm³/mol. The molecule has 0 amide bonds. The number of aliphatic carboxylic acids is 1. The van der Waals surface area contributed by atoms with Gasteiger partial charge in [0.1, 0.15) is 6.04 Å². The molecule has 0 aromatic heterocycles. The number of aryl methyl sites for hydroxylation is 1. The van der Waals surface area contributed by atoms with E-state index < -0.39 is 22.0 Å². The lowest BCUT2D eigenvalue weighted by atomic mass is 10.1. The highest BCUT2D eigenvalue weighted by molar-refractivity contribution is 9.10. The molecular formula is C13H18BrNO4S. The first-order valence-corrected chi connectivity index (χ1v) is 8.42. The topological polar surface area (TPSA) is 83.5 Å². The number of hydrogen-bond acceptors (Lipinski definition) is 3. The molecule has 1 atom stereocenters. The van der Waals surface area contributed by atoms with E-state index in [1.807, 2.05) is 20.8 Å². The standard InChI is InChI=1S/C13H18BrNO4S/c1-8(2)6-11(13(16)17)15-20(18,19)12-5-4-9(3)7-10(12)14/h4-5,7-8,11,15H,6H2,1-3H3,(H,16,17). The normalized spacial score (nSPS) is 13.4. The van der Waals surface area contributed by atoms with Crippen molar-refractivity contribution in [2.24, 2.45) is 5.92 Å². The Kier molecular flexibility index (Phi) is 5.73. The van der Waals surface area contributed by atoms with Crippen LogP contribution in [0.1, 0.15) is 25.8 Å². The minimum Gasteiger partial charge on any atom is -0.480 e. The summed E-state index contributed by atoms with van der Waals surface area (Å²) in [6.45, 7) is 5.52. The van der Waals surface area contributed by atoms with Crippen molar-refractivity contribution in [3.8, 4) is 0 Å². The molecule has 5 nitrogen and oxygen atoms in total. The van der Waals surface area contributed by atoms with Crippen LogP contribution in [0, 0.1) is 12.8 Å². The van der Waals surface area contributed by atoms with Gasteiger partial charge in [0.15, 0.2) is 0 Å². The minimum absolute atomic E-state index is 0.0399. The summed E-state index contributed by atoms with van der Waals surface area (Å²) in [5.41, 5.74) is 0.910. The first kappa shape index (κ1) is 17.1. The van der Waals surface area contributed by atoms with E-state index in [-0.39, 0.29) is 17.2 Å². The van der Waals surface area contributed by atoms with Crippen LogP contribution >= 0.6 is 15.9 Å². The van der Waals surface area contributed by atoms with Crippen LogP contribution in [0.2, 0.25) is 0 Å². The second kappa shape index (κ2) is 6.69. The Hall–Kier alpha value is -0.920. The third-order valence-electron chi connectivity index (χ3n) is 2.68. The zero-order valence-corrected chi connectivity index (χ0v) is 14.0. The molecule has 0 aliphatic heterocycles. The highest BCUT2D eigenvalue weighted by atomic mass is 79.9. The lowest BCUT2D eigenvalue weighted by Gasteiger charge is -2.17. The molecule has 1 aromatic rings. The molecule has 0 aliphatic rings. The first-order valence-electron chi connectivity index (χ1n) is 6.14. The molecule has 2 N–H and O–H groups in total. The Morgan fingerprint density at radius 2 is 2.00 bits per heavy atom. The van der Waals surface area contributed by atoms with Crippen molar-refractivity contribution >= 4 is 31.9 Å². The van der Waals surface area contributed by atoms with E-state index in [4.69, 9.17) is 5.11 Å². The Balaban J connectivity index is 3.06. The van der Waals surface area contributed by atoms with Gasteiger partial charge in [0, 0.05) is 4.47 Å². The summed E-state index contributed by atoms with van der Waals surface area (Å²) in [5.74, 6) is -1.11. The molecule has 0 radical (unpaired) electrons. The maximum absolute atomic E-state index is 12.3. The van der Waals surface area contributed by atoms with Gasteiger partial charge in [-0.3, -0.25) is 4.79 Å². The summed E-state index contributed by atoms with van der Waals surface area (Å²) in [6.07, 6.45) is 0.234. The fourth-order valence-corrected chi connectivity index (χ4v) is 4.14. The number of benzene rings is 1. The molecule has 0 spiro atoms. The summed E-state index contributed by atoms with van der Waals surface area (Å²) in [4.78, 5) is 11.2. The zero-order valence-electron chi connectivity index (χ0n) is 11.6. The monoisotopic (exact) mass is 363 g/mol. The molecule has 7 heteroatoms. The molecule has 0 aliphatic carbocycles. The second-order valence-corrected chi connectivity index (χ2v) is 7.61. The predicted octanol–water partition coefficient (Wildman–Crippen LogP) is 2.54. The third kappa shape index (κ3) is 4.57. The Morgan fingerprint density at radius 1 is 1.40 bits per heavy atom. The zero-order chi connectivity index (χ0) is 15.5. The van der Waals surface area contributed by atoms with Crippen molar-refractivity contribution in [3.05, 3.63) is 28.2 Å². The molecule has 0 saturated heterocycles. The van der Waals surface area contributed by atoms with E-state index in [1.54, 1.807) is 12.1 Å². The van der Waals surface area contributed by atoms with Crippen LogP contribution in [0.4, 0.5) is 0 Å². The Morgan fingerprint density at radius 3 is 2.45 bits per heavy atom. The second-order valence-electron chi connectivity index (χ2n) is 5.08. The molecular weight excluding hydrogens is 346 g/mol. The van der Waals surface area contributed by atoms with Gasteiger partial charge in [-0.15, -0.1) is 0 Å². The van der Waals surface area contributed by atoms with Crippen molar-refractivity contribution in [3.63, 3.8) is 0 Å². The van der Waals surface area contributed by atoms with E-state index in [1.165, 1.54) is 6.07 Å². The van der Waals surface area contributed by atoms with Crippen molar-refractivity contribution in [2.75, 3.05) is 0 Å². The van der Waals surface area contributed by atoms with Gasteiger partial charge in [0.2, 0.25) is 10.0 Å². The summed E-state index contributed by atoms with van der Waals surface area (Å²) >= 11 is 3.19. The Labute approximate surface area is 127 Å². The summed E-state index contributed by atoms with van der Waals surface area (Å²) in [6, 6.07) is 3.66. The summed E-state index contributed by atoms with van der Waals surface area (Å²) in [7, 11) is -3.88. The van der Waals surface area contributed by atoms with E-state index in [0.717, 1.165) is 5.56 Å². The highest BCUT2D eigenvalue weighted by Crippen LogP contribution is 2.23. The fraction of sp³-hybridized carbons (Fsp3) is 0.462.